The highest BCUT2D eigenvalue weighted by molar-refractivity contribution is 8.18. The summed E-state index contributed by atoms with van der Waals surface area (Å²) in [6, 6.07) is 7.01. The molecule has 10 heteroatoms. The Morgan fingerprint density at radius 3 is 2.44 bits per heavy atom. The highest BCUT2D eigenvalue weighted by atomic mass is 35.5. The lowest BCUT2D eigenvalue weighted by Crippen LogP contribution is -2.33. The van der Waals surface area contributed by atoms with Crippen LogP contribution in [0.25, 0.3) is 0 Å². The number of imide groups is 1. The minimum absolute atomic E-state index is 0. The number of sulfonamides is 1. The number of anilines is 1. The van der Waals surface area contributed by atoms with Crippen LogP contribution in [0, 0.1) is 0 Å². The smallest absolute Gasteiger partial charge is 0.293 e. The summed E-state index contributed by atoms with van der Waals surface area (Å²) >= 11 is 0.932. The Bertz CT molecular complexity index is 763. The van der Waals surface area contributed by atoms with Crippen molar-refractivity contribution in [3.8, 4) is 0 Å². The van der Waals surface area contributed by atoms with Gasteiger partial charge in [0.2, 0.25) is 10.0 Å². The topological polar surface area (TPSA) is 110 Å². The van der Waals surface area contributed by atoms with Gasteiger partial charge in [0, 0.05) is 18.8 Å². The first kappa shape index (κ1) is 21.5. The zero-order valence-electron chi connectivity index (χ0n) is 13.6. The van der Waals surface area contributed by atoms with Crippen LogP contribution in [0.5, 0.6) is 0 Å². The monoisotopic (exact) mass is 405 g/mol. The van der Waals surface area contributed by atoms with Gasteiger partial charge in [-0.2, -0.15) is 0 Å². The van der Waals surface area contributed by atoms with Crippen LogP contribution >= 0.6 is 24.2 Å². The molecule has 1 heterocycles. The second-order valence-corrected chi connectivity index (χ2v) is 8.03. The maximum absolute atomic E-state index is 12.0. The van der Waals surface area contributed by atoms with Crippen LogP contribution in [-0.2, 0) is 21.2 Å². The van der Waals surface area contributed by atoms with Gasteiger partial charge in [-0.15, -0.1) is 12.4 Å². The van der Waals surface area contributed by atoms with Crippen LogP contribution in [-0.4, -0.2) is 43.8 Å². The van der Waals surface area contributed by atoms with E-state index in [0.717, 1.165) is 28.5 Å². The third-order valence-electron chi connectivity index (χ3n) is 3.25. The minimum atomic E-state index is -3.28. The van der Waals surface area contributed by atoms with Crippen molar-refractivity contribution in [1.82, 2.24) is 4.90 Å². The average Bonchev–Trinajstić information content (AvgIpc) is 2.76. The molecule has 1 aliphatic heterocycles. The van der Waals surface area contributed by atoms with Crippen LogP contribution in [0.4, 0.5) is 10.5 Å². The van der Waals surface area contributed by atoms with Crippen LogP contribution in [0.3, 0.4) is 0 Å². The van der Waals surface area contributed by atoms with E-state index in [1.54, 1.807) is 18.2 Å². The highest BCUT2D eigenvalue weighted by Gasteiger charge is 2.33. The van der Waals surface area contributed by atoms with E-state index in [4.69, 9.17) is 5.73 Å². The Labute approximate surface area is 157 Å². The number of amides is 2. The molecule has 0 spiro atoms. The average molecular weight is 406 g/mol. The first-order chi connectivity index (χ1) is 11.3. The number of hydrogen-bond acceptors (Lipinski definition) is 6. The maximum Gasteiger partial charge on any atom is 0.293 e. The van der Waals surface area contributed by atoms with E-state index in [2.05, 4.69) is 4.72 Å². The summed E-state index contributed by atoms with van der Waals surface area (Å²) in [4.78, 5) is 25.3. The Hall–Kier alpha value is -1.55. The molecule has 0 aliphatic carbocycles. The van der Waals surface area contributed by atoms with Gasteiger partial charge < -0.3 is 5.73 Å². The second-order valence-electron chi connectivity index (χ2n) is 5.29. The van der Waals surface area contributed by atoms with Crippen LogP contribution in [0.1, 0.15) is 12.0 Å². The summed E-state index contributed by atoms with van der Waals surface area (Å²) in [5, 5.41) is -0.284. The maximum atomic E-state index is 12.0. The number of carbonyl (C=O) groups excluding carboxylic acids is 2. The molecule has 25 heavy (non-hydrogen) atoms. The fourth-order valence-electron chi connectivity index (χ4n) is 2.18. The van der Waals surface area contributed by atoms with Gasteiger partial charge in [-0.25, -0.2) is 8.42 Å². The predicted octanol–water partition coefficient (Wildman–Crippen LogP) is 1.95. The molecule has 0 aromatic heterocycles. The molecule has 0 atom stereocenters. The number of benzene rings is 1. The number of halogens is 1. The summed E-state index contributed by atoms with van der Waals surface area (Å²) in [7, 11) is -3.28. The van der Waals surface area contributed by atoms with Crippen LogP contribution in [0.15, 0.2) is 35.2 Å². The van der Waals surface area contributed by atoms with Crippen molar-refractivity contribution >= 4 is 51.0 Å². The molecule has 1 aliphatic rings. The van der Waals surface area contributed by atoms with Gasteiger partial charge >= 0.3 is 0 Å². The van der Waals surface area contributed by atoms with Gasteiger partial charge in [0.05, 0.1) is 11.2 Å². The van der Waals surface area contributed by atoms with Gasteiger partial charge in [-0.05, 0) is 42.3 Å². The summed E-state index contributed by atoms with van der Waals surface area (Å²) in [6.45, 7) is 0.482. The molecule has 1 fully saturated rings. The third kappa shape index (κ3) is 6.35. The number of aryl methyl sites for hydroxylation is 1. The zero-order chi connectivity index (χ0) is 17.7. The lowest BCUT2D eigenvalue weighted by Gasteiger charge is -2.09. The normalized spacial score (nSPS) is 16.2. The van der Waals surface area contributed by atoms with E-state index in [1.165, 1.54) is 0 Å². The van der Waals surface area contributed by atoms with Gasteiger partial charge in [0.15, 0.2) is 0 Å². The molecule has 0 saturated carbocycles. The summed E-state index contributed by atoms with van der Waals surface area (Å²) in [5.74, 6) is -0.289. The Kier molecular flexibility index (Phi) is 7.94. The van der Waals surface area contributed by atoms with Gasteiger partial charge in [-0.1, -0.05) is 18.2 Å². The van der Waals surface area contributed by atoms with E-state index in [1.807, 2.05) is 12.1 Å². The largest absolute Gasteiger partial charge is 0.329 e. The lowest BCUT2D eigenvalue weighted by atomic mass is 10.1. The molecule has 1 aromatic carbocycles. The number of nitrogens with zero attached hydrogens (tertiary/aromatic N) is 1. The first-order valence-electron chi connectivity index (χ1n) is 7.31. The van der Waals surface area contributed by atoms with Crippen molar-refractivity contribution in [2.75, 3.05) is 24.1 Å². The van der Waals surface area contributed by atoms with Crippen LogP contribution in [0.2, 0.25) is 0 Å². The molecule has 1 aromatic rings. The SMILES string of the molecule is CS(=O)(=O)Nc1ccc(CC/C=C2\SC(=O)N(CCN)C2=O)cc1.Cl. The number of rotatable bonds is 7. The quantitative estimate of drug-likeness (QED) is 0.671. The Balaban J connectivity index is 0.00000312. The van der Waals surface area contributed by atoms with Crippen molar-refractivity contribution in [3.63, 3.8) is 0 Å². The predicted molar refractivity (Wildman–Crippen MR) is 102 cm³/mol. The molecule has 0 radical (unpaired) electrons. The van der Waals surface area contributed by atoms with Gasteiger partial charge in [0.25, 0.3) is 11.1 Å². The van der Waals surface area contributed by atoms with Crippen molar-refractivity contribution in [2.45, 2.75) is 12.8 Å². The van der Waals surface area contributed by atoms with Gasteiger partial charge in [-0.3, -0.25) is 19.2 Å². The Morgan fingerprint density at radius 1 is 1.24 bits per heavy atom. The van der Waals surface area contributed by atoms with E-state index in [9.17, 15) is 18.0 Å². The third-order valence-corrected chi connectivity index (χ3v) is 4.81. The molecule has 2 amide bonds. The van der Waals surface area contributed by atoms with Crippen molar-refractivity contribution < 1.29 is 18.0 Å². The Morgan fingerprint density at radius 2 is 1.88 bits per heavy atom. The second kappa shape index (κ2) is 9.23. The highest BCUT2D eigenvalue weighted by Crippen LogP contribution is 2.30. The first-order valence-corrected chi connectivity index (χ1v) is 10.0. The number of allylic oxidation sites excluding steroid dienone is 1. The number of nitrogens with one attached hydrogen (secondary N) is 1. The fourth-order valence-corrected chi connectivity index (χ4v) is 3.62. The van der Waals surface area contributed by atoms with Crippen molar-refractivity contribution in [2.24, 2.45) is 5.73 Å². The molecular weight excluding hydrogens is 386 g/mol. The molecule has 2 rings (SSSR count). The standard InChI is InChI=1S/C15H19N3O4S2.ClH/c1-24(21,22)17-12-7-5-11(6-8-12)3-2-4-13-14(19)18(10-9-16)15(20)23-13;/h4-8,17H,2-3,9-10,16H2,1H3;1H/b13-4-;. The lowest BCUT2D eigenvalue weighted by molar-refractivity contribution is -0.122. The molecular formula is C15H20ClN3O4S2. The van der Waals surface area contributed by atoms with Crippen molar-refractivity contribution in [3.05, 3.63) is 40.8 Å². The molecule has 138 valence electrons. The van der Waals surface area contributed by atoms with E-state index >= 15 is 0 Å². The number of thioether (sulfide) groups is 1. The molecule has 0 unspecified atom stereocenters. The number of hydrogen-bond donors (Lipinski definition) is 2. The van der Waals surface area contributed by atoms with E-state index in [-0.39, 0.29) is 36.6 Å². The summed E-state index contributed by atoms with van der Waals surface area (Å²) in [5.41, 5.74) is 6.90. The summed E-state index contributed by atoms with van der Waals surface area (Å²) in [6.07, 6.45) is 4.14. The molecule has 0 bridgehead atoms. The van der Waals surface area contributed by atoms with E-state index < -0.39 is 10.0 Å². The van der Waals surface area contributed by atoms with E-state index in [0.29, 0.717) is 23.4 Å². The molecule has 1 saturated heterocycles. The molecule has 3 N–H and O–H groups in total. The summed E-state index contributed by atoms with van der Waals surface area (Å²) < 4.78 is 24.7. The van der Waals surface area contributed by atoms with Crippen LogP contribution < -0.4 is 10.5 Å². The minimum Gasteiger partial charge on any atom is -0.329 e. The van der Waals surface area contributed by atoms with Crippen molar-refractivity contribution in [1.29, 1.82) is 0 Å². The fraction of sp³-hybridized carbons (Fsp3) is 0.333. The number of carbonyl (C=O) groups is 2. The van der Waals surface area contributed by atoms with Gasteiger partial charge in [0.1, 0.15) is 0 Å². The molecule has 7 nitrogen and oxygen atoms in total. The number of nitrogens with two attached hydrogens (primary N) is 1. The zero-order valence-corrected chi connectivity index (χ0v) is 16.0.